The number of benzene rings is 1. The lowest BCUT2D eigenvalue weighted by Gasteiger charge is -2.20. The third-order valence-electron chi connectivity index (χ3n) is 4.18. The van der Waals surface area contributed by atoms with E-state index in [9.17, 15) is 9.90 Å². The van der Waals surface area contributed by atoms with E-state index in [2.05, 4.69) is 5.32 Å². The van der Waals surface area contributed by atoms with Crippen molar-refractivity contribution in [1.29, 1.82) is 0 Å². The minimum Gasteiger partial charge on any atom is -0.504 e. The van der Waals surface area contributed by atoms with Crippen LogP contribution in [0.2, 0.25) is 0 Å². The number of phenols is 1. The molecule has 4 nitrogen and oxygen atoms in total. The lowest BCUT2D eigenvalue weighted by Crippen LogP contribution is -2.28. The van der Waals surface area contributed by atoms with Gasteiger partial charge in [-0.3, -0.25) is 4.79 Å². The van der Waals surface area contributed by atoms with Gasteiger partial charge in [0, 0.05) is 13.0 Å². The number of methoxy groups -OCH3 is 1. The number of carbonyl (C=O) groups excluding carboxylic acids is 1. The smallest absolute Gasteiger partial charge is 0.220 e. The summed E-state index contributed by atoms with van der Waals surface area (Å²) in [6.07, 6.45) is 7.66. The van der Waals surface area contributed by atoms with Gasteiger partial charge in [-0.05, 0) is 42.9 Å². The van der Waals surface area contributed by atoms with E-state index in [-0.39, 0.29) is 11.7 Å². The molecule has 0 unspecified atom stereocenters. The zero-order chi connectivity index (χ0) is 15.1. The molecule has 1 aromatic carbocycles. The first-order valence-corrected chi connectivity index (χ1v) is 7.81. The van der Waals surface area contributed by atoms with Gasteiger partial charge in [-0.25, -0.2) is 0 Å². The summed E-state index contributed by atoms with van der Waals surface area (Å²) in [5.74, 6) is 1.35. The lowest BCUT2D eigenvalue weighted by atomic mass is 9.87. The Bertz CT molecular complexity index is 467. The molecular formula is C17H25NO3. The third kappa shape index (κ3) is 4.96. The molecule has 21 heavy (non-hydrogen) atoms. The van der Waals surface area contributed by atoms with Crippen LogP contribution in [0.25, 0.3) is 0 Å². The van der Waals surface area contributed by atoms with Crippen molar-refractivity contribution in [2.24, 2.45) is 5.92 Å². The molecule has 0 saturated heterocycles. The Morgan fingerprint density at radius 1 is 1.33 bits per heavy atom. The summed E-state index contributed by atoms with van der Waals surface area (Å²) in [5.41, 5.74) is 1.04. The van der Waals surface area contributed by atoms with Crippen LogP contribution in [0.5, 0.6) is 11.5 Å². The maximum Gasteiger partial charge on any atom is 0.220 e. The van der Waals surface area contributed by atoms with E-state index in [1.54, 1.807) is 6.07 Å². The molecule has 1 saturated carbocycles. The number of hydrogen-bond donors (Lipinski definition) is 2. The average Bonchev–Trinajstić information content (AvgIpc) is 2.50. The first-order chi connectivity index (χ1) is 10.2. The summed E-state index contributed by atoms with van der Waals surface area (Å²) in [6.45, 7) is 0.624. The standard InChI is InChI=1S/C17H25NO3/c1-21-16-11-14(7-8-15(16)19)9-10-18-17(20)12-13-5-3-2-4-6-13/h7-8,11,13,19H,2-6,9-10,12H2,1H3,(H,18,20). The zero-order valence-corrected chi connectivity index (χ0v) is 12.7. The molecule has 0 bridgehead atoms. The molecule has 1 amide bonds. The number of amides is 1. The van der Waals surface area contributed by atoms with E-state index in [4.69, 9.17) is 4.74 Å². The monoisotopic (exact) mass is 291 g/mol. The number of carbonyl (C=O) groups is 1. The second-order valence-corrected chi connectivity index (χ2v) is 5.81. The van der Waals surface area contributed by atoms with Crippen LogP contribution >= 0.6 is 0 Å². The Morgan fingerprint density at radius 2 is 2.10 bits per heavy atom. The minimum atomic E-state index is 0.141. The van der Waals surface area contributed by atoms with Crippen LogP contribution in [0, 0.1) is 5.92 Å². The second kappa shape index (κ2) is 7.91. The molecule has 1 aliphatic carbocycles. The molecular weight excluding hydrogens is 266 g/mol. The fraction of sp³-hybridized carbons (Fsp3) is 0.588. The van der Waals surface area contributed by atoms with Gasteiger partial charge in [0.05, 0.1) is 7.11 Å². The average molecular weight is 291 g/mol. The van der Waals surface area contributed by atoms with Crippen LogP contribution in [0.1, 0.15) is 44.1 Å². The Kier molecular flexibility index (Phi) is 5.90. The van der Waals surface area contributed by atoms with Crippen LogP contribution in [0.4, 0.5) is 0 Å². The molecule has 2 rings (SSSR count). The van der Waals surface area contributed by atoms with Crippen molar-refractivity contribution < 1.29 is 14.6 Å². The highest BCUT2D eigenvalue weighted by Crippen LogP contribution is 2.27. The third-order valence-corrected chi connectivity index (χ3v) is 4.18. The molecule has 2 N–H and O–H groups in total. The highest BCUT2D eigenvalue weighted by atomic mass is 16.5. The van der Waals surface area contributed by atoms with Gasteiger partial charge in [-0.15, -0.1) is 0 Å². The topological polar surface area (TPSA) is 58.6 Å². The van der Waals surface area contributed by atoms with Crippen LogP contribution in [0.15, 0.2) is 18.2 Å². The van der Waals surface area contributed by atoms with Gasteiger partial charge in [-0.2, -0.15) is 0 Å². The first-order valence-electron chi connectivity index (χ1n) is 7.81. The fourth-order valence-corrected chi connectivity index (χ4v) is 2.95. The summed E-state index contributed by atoms with van der Waals surface area (Å²) >= 11 is 0. The molecule has 116 valence electrons. The number of nitrogens with one attached hydrogen (secondary N) is 1. The maximum absolute atomic E-state index is 11.9. The SMILES string of the molecule is COc1cc(CCNC(=O)CC2CCCCC2)ccc1O. The molecule has 0 aliphatic heterocycles. The zero-order valence-electron chi connectivity index (χ0n) is 12.7. The van der Waals surface area contributed by atoms with Gasteiger partial charge in [0.1, 0.15) is 0 Å². The summed E-state index contributed by atoms with van der Waals surface area (Å²) in [4.78, 5) is 11.9. The van der Waals surface area contributed by atoms with Crippen molar-refractivity contribution >= 4 is 5.91 Å². The summed E-state index contributed by atoms with van der Waals surface area (Å²) in [6, 6.07) is 5.28. The Labute approximate surface area is 126 Å². The summed E-state index contributed by atoms with van der Waals surface area (Å²) < 4.78 is 5.08. The van der Waals surface area contributed by atoms with Gasteiger partial charge < -0.3 is 15.2 Å². The molecule has 0 atom stereocenters. The van der Waals surface area contributed by atoms with Crippen molar-refractivity contribution in [2.75, 3.05) is 13.7 Å². The van der Waals surface area contributed by atoms with Crippen molar-refractivity contribution in [1.82, 2.24) is 5.32 Å². The largest absolute Gasteiger partial charge is 0.504 e. The number of rotatable bonds is 6. The summed E-state index contributed by atoms with van der Waals surface area (Å²) in [7, 11) is 1.53. The van der Waals surface area contributed by atoms with Gasteiger partial charge in [0.25, 0.3) is 0 Å². The highest BCUT2D eigenvalue weighted by Gasteiger charge is 2.16. The van der Waals surface area contributed by atoms with Crippen molar-refractivity contribution in [3.8, 4) is 11.5 Å². The van der Waals surface area contributed by atoms with Crippen molar-refractivity contribution in [3.63, 3.8) is 0 Å². The van der Waals surface area contributed by atoms with Gasteiger partial charge in [-0.1, -0.05) is 25.3 Å². The molecule has 0 aromatic heterocycles. The molecule has 1 aliphatic rings. The quantitative estimate of drug-likeness (QED) is 0.847. The van der Waals surface area contributed by atoms with Crippen molar-refractivity contribution in [2.45, 2.75) is 44.9 Å². The second-order valence-electron chi connectivity index (χ2n) is 5.81. The van der Waals surface area contributed by atoms with E-state index >= 15 is 0 Å². The van der Waals surface area contributed by atoms with E-state index in [0.717, 1.165) is 12.0 Å². The molecule has 0 heterocycles. The molecule has 1 aromatic rings. The van der Waals surface area contributed by atoms with E-state index in [1.807, 2.05) is 12.1 Å². The fourth-order valence-electron chi connectivity index (χ4n) is 2.95. The lowest BCUT2D eigenvalue weighted by molar-refractivity contribution is -0.122. The van der Waals surface area contributed by atoms with Crippen LogP contribution in [-0.4, -0.2) is 24.7 Å². The van der Waals surface area contributed by atoms with Gasteiger partial charge >= 0.3 is 0 Å². The normalized spacial score (nSPS) is 15.7. The molecule has 0 spiro atoms. The van der Waals surface area contributed by atoms with E-state index in [0.29, 0.717) is 24.6 Å². The predicted molar refractivity (Wildman–Crippen MR) is 82.6 cm³/mol. The molecule has 0 radical (unpaired) electrons. The summed E-state index contributed by atoms with van der Waals surface area (Å²) in [5, 5.41) is 12.5. The minimum absolute atomic E-state index is 0.141. The Morgan fingerprint density at radius 3 is 2.81 bits per heavy atom. The highest BCUT2D eigenvalue weighted by molar-refractivity contribution is 5.76. The number of ether oxygens (including phenoxy) is 1. The first kappa shape index (κ1) is 15.7. The number of aromatic hydroxyl groups is 1. The number of phenolic OH excluding ortho intramolecular Hbond substituents is 1. The maximum atomic E-state index is 11.9. The van der Waals surface area contributed by atoms with E-state index < -0.39 is 0 Å². The van der Waals surface area contributed by atoms with Crippen LogP contribution in [0.3, 0.4) is 0 Å². The Hall–Kier alpha value is -1.71. The van der Waals surface area contributed by atoms with Gasteiger partial charge in [0.15, 0.2) is 11.5 Å². The van der Waals surface area contributed by atoms with Gasteiger partial charge in [0.2, 0.25) is 5.91 Å². The number of hydrogen-bond acceptors (Lipinski definition) is 3. The predicted octanol–water partition coefficient (Wildman–Crippen LogP) is 3.03. The molecule has 1 fully saturated rings. The Balaban J connectivity index is 1.72. The molecule has 4 heteroatoms. The van der Waals surface area contributed by atoms with Crippen LogP contribution < -0.4 is 10.1 Å². The van der Waals surface area contributed by atoms with Crippen molar-refractivity contribution in [3.05, 3.63) is 23.8 Å². The van der Waals surface area contributed by atoms with Crippen LogP contribution in [-0.2, 0) is 11.2 Å². The van der Waals surface area contributed by atoms with E-state index in [1.165, 1.54) is 39.2 Å².